The molecule has 0 aromatic carbocycles. The van der Waals surface area contributed by atoms with Crippen LogP contribution in [-0.4, -0.2) is 60.6 Å². The summed E-state index contributed by atoms with van der Waals surface area (Å²) in [6, 6.07) is 0. The molecule has 0 saturated heterocycles. The molecule has 0 N–H and O–H groups in total. The molecule has 0 aromatic heterocycles. The van der Waals surface area contributed by atoms with E-state index in [0.717, 1.165) is 37.7 Å². The summed E-state index contributed by atoms with van der Waals surface area (Å²) in [7, 11) is 0. The molecule has 0 unspecified atom stereocenters. The van der Waals surface area contributed by atoms with E-state index in [1.54, 1.807) is 0 Å². The monoisotopic (exact) mass is 248 g/mol. The van der Waals surface area contributed by atoms with Crippen LogP contribution in [0.3, 0.4) is 0 Å². The van der Waals surface area contributed by atoms with Crippen LogP contribution in [0.1, 0.15) is 20.3 Å². The summed E-state index contributed by atoms with van der Waals surface area (Å²) in [6.45, 7) is 11.1. The van der Waals surface area contributed by atoms with Gasteiger partial charge < -0.3 is 35.1 Å². The molecule has 0 heterocycles. The second-order valence-corrected chi connectivity index (χ2v) is 4.45. The van der Waals surface area contributed by atoms with Crippen LogP contribution in [0.2, 0.25) is 0 Å². The molecule has 0 spiro atoms. The molecule has 92 valence electrons. The van der Waals surface area contributed by atoms with Gasteiger partial charge in [-0.05, 0) is 45.7 Å². The van der Waals surface area contributed by atoms with E-state index in [9.17, 15) is 0 Å². The number of rotatable bonds is 10. The largest absolute Gasteiger partial charge is 0.791 e. The van der Waals surface area contributed by atoms with Crippen molar-refractivity contribution in [2.75, 3.05) is 50.8 Å². The molecular formula is C11H24N2S2-2. The molecule has 0 aliphatic carbocycles. The van der Waals surface area contributed by atoms with Crippen LogP contribution in [0, 0.1) is 0 Å². The normalized spacial score (nSPS) is 11.6. The van der Waals surface area contributed by atoms with Gasteiger partial charge in [0.05, 0.1) is 0 Å². The lowest BCUT2D eigenvalue weighted by Gasteiger charge is -2.25. The van der Waals surface area contributed by atoms with Gasteiger partial charge in [0.1, 0.15) is 0 Å². The van der Waals surface area contributed by atoms with E-state index in [1.807, 2.05) is 0 Å². The SMILES string of the molecule is CCN(CC[S-])CCCN(CC)CC[S-]. The summed E-state index contributed by atoms with van der Waals surface area (Å²) in [5.74, 6) is 1.69. The molecule has 0 rings (SSSR count). The van der Waals surface area contributed by atoms with Gasteiger partial charge in [0.15, 0.2) is 0 Å². The van der Waals surface area contributed by atoms with Crippen molar-refractivity contribution in [3.8, 4) is 0 Å². The highest BCUT2D eigenvalue weighted by Gasteiger charge is 2.01. The lowest BCUT2D eigenvalue weighted by atomic mass is 10.3. The minimum atomic E-state index is 0.845. The Balaban J connectivity index is 3.55. The highest BCUT2D eigenvalue weighted by atomic mass is 32.1. The highest BCUT2D eigenvalue weighted by Crippen LogP contribution is 1.95. The Bertz CT molecular complexity index is 120. The van der Waals surface area contributed by atoms with Gasteiger partial charge in [-0.1, -0.05) is 13.8 Å². The number of nitrogens with zero attached hydrogens (tertiary/aromatic N) is 2. The maximum absolute atomic E-state index is 5.00. The molecular weight excluding hydrogens is 224 g/mol. The van der Waals surface area contributed by atoms with E-state index >= 15 is 0 Å². The summed E-state index contributed by atoms with van der Waals surface area (Å²) in [6.07, 6.45) is 1.23. The van der Waals surface area contributed by atoms with Crippen molar-refractivity contribution in [1.29, 1.82) is 0 Å². The maximum atomic E-state index is 5.00. The zero-order chi connectivity index (χ0) is 11.5. The van der Waals surface area contributed by atoms with E-state index in [4.69, 9.17) is 25.3 Å². The average molecular weight is 248 g/mol. The third-order valence-electron chi connectivity index (χ3n) is 2.66. The summed E-state index contributed by atoms with van der Waals surface area (Å²) in [5.41, 5.74) is 0. The predicted octanol–water partition coefficient (Wildman–Crippen LogP) is 1.11. The van der Waals surface area contributed by atoms with E-state index in [1.165, 1.54) is 19.5 Å². The second kappa shape index (κ2) is 11.1. The Labute approximate surface area is 106 Å². The van der Waals surface area contributed by atoms with Crippen molar-refractivity contribution >= 4 is 25.3 Å². The van der Waals surface area contributed by atoms with Crippen molar-refractivity contribution < 1.29 is 0 Å². The molecule has 0 radical (unpaired) electrons. The van der Waals surface area contributed by atoms with Crippen LogP contribution >= 0.6 is 0 Å². The fourth-order valence-electron chi connectivity index (χ4n) is 1.63. The lowest BCUT2D eigenvalue weighted by Crippen LogP contribution is -2.32. The molecule has 0 fully saturated rings. The summed E-state index contributed by atoms with van der Waals surface area (Å²) in [4.78, 5) is 4.85. The Morgan fingerprint density at radius 1 is 0.733 bits per heavy atom. The standard InChI is InChI=1S/C11H26N2S2/c1-3-12(8-10-14)6-5-7-13(4-2)9-11-15/h14-15H,3-11H2,1-2H3/p-2. The lowest BCUT2D eigenvalue weighted by molar-refractivity contribution is 0.253. The van der Waals surface area contributed by atoms with Crippen molar-refractivity contribution in [1.82, 2.24) is 9.80 Å². The topological polar surface area (TPSA) is 6.48 Å². The summed E-state index contributed by atoms with van der Waals surface area (Å²) < 4.78 is 0. The summed E-state index contributed by atoms with van der Waals surface area (Å²) in [5, 5.41) is 0. The van der Waals surface area contributed by atoms with Gasteiger partial charge in [0, 0.05) is 0 Å². The smallest absolute Gasteiger partial charge is 0.000744 e. The van der Waals surface area contributed by atoms with E-state index in [2.05, 4.69) is 23.6 Å². The first-order chi connectivity index (χ1) is 7.28. The minimum absolute atomic E-state index is 0.845. The van der Waals surface area contributed by atoms with Crippen LogP contribution in [0.5, 0.6) is 0 Å². The van der Waals surface area contributed by atoms with Crippen molar-refractivity contribution in [3.63, 3.8) is 0 Å². The molecule has 0 aromatic rings. The fourth-order valence-corrected chi connectivity index (χ4v) is 2.15. The van der Waals surface area contributed by atoms with E-state index < -0.39 is 0 Å². The quantitative estimate of drug-likeness (QED) is 0.534. The first kappa shape index (κ1) is 15.6. The molecule has 4 heteroatoms. The zero-order valence-corrected chi connectivity index (χ0v) is 11.7. The van der Waals surface area contributed by atoms with E-state index in [-0.39, 0.29) is 0 Å². The van der Waals surface area contributed by atoms with Crippen molar-refractivity contribution in [2.24, 2.45) is 0 Å². The first-order valence-electron chi connectivity index (χ1n) is 5.89. The zero-order valence-electron chi connectivity index (χ0n) is 10.1. The van der Waals surface area contributed by atoms with Gasteiger partial charge in [-0.2, -0.15) is 11.5 Å². The molecule has 0 amide bonds. The minimum Gasteiger partial charge on any atom is -0.791 e. The molecule has 2 nitrogen and oxygen atoms in total. The van der Waals surface area contributed by atoms with Crippen LogP contribution < -0.4 is 0 Å². The van der Waals surface area contributed by atoms with Gasteiger partial charge in [0.25, 0.3) is 0 Å². The number of hydrogen-bond donors (Lipinski definition) is 0. The summed E-state index contributed by atoms with van der Waals surface area (Å²) >= 11 is 9.99. The van der Waals surface area contributed by atoms with Crippen LogP contribution in [0.25, 0.3) is 0 Å². The molecule has 0 aliphatic heterocycles. The van der Waals surface area contributed by atoms with Gasteiger partial charge in [-0.15, -0.1) is 0 Å². The Morgan fingerprint density at radius 2 is 1.13 bits per heavy atom. The molecule has 15 heavy (non-hydrogen) atoms. The van der Waals surface area contributed by atoms with Gasteiger partial charge in [0.2, 0.25) is 0 Å². The van der Waals surface area contributed by atoms with E-state index in [0.29, 0.717) is 0 Å². The van der Waals surface area contributed by atoms with Crippen molar-refractivity contribution in [2.45, 2.75) is 20.3 Å². The number of hydrogen-bond acceptors (Lipinski definition) is 4. The molecule has 0 saturated carbocycles. The Kier molecular flexibility index (Phi) is 11.6. The molecule has 0 atom stereocenters. The van der Waals surface area contributed by atoms with Gasteiger partial charge in [-0.25, -0.2) is 0 Å². The van der Waals surface area contributed by atoms with Crippen LogP contribution in [0.4, 0.5) is 0 Å². The highest BCUT2D eigenvalue weighted by molar-refractivity contribution is 7.58. The Morgan fingerprint density at radius 3 is 1.40 bits per heavy atom. The van der Waals surface area contributed by atoms with Gasteiger partial charge >= 0.3 is 0 Å². The maximum Gasteiger partial charge on any atom is -0.000744 e. The fraction of sp³-hybridized carbons (Fsp3) is 1.00. The van der Waals surface area contributed by atoms with Crippen LogP contribution in [0.15, 0.2) is 0 Å². The third-order valence-corrected chi connectivity index (χ3v) is 3.02. The average Bonchev–Trinajstić information content (AvgIpc) is 2.26. The third kappa shape index (κ3) is 8.43. The van der Waals surface area contributed by atoms with Crippen molar-refractivity contribution in [3.05, 3.63) is 0 Å². The first-order valence-corrected chi connectivity index (χ1v) is 7.04. The molecule has 0 aliphatic rings. The second-order valence-electron chi connectivity index (χ2n) is 3.63. The molecule has 0 bridgehead atoms. The van der Waals surface area contributed by atoms with Crippen LogP contribution in [-0.2, 0) is 25.3 Å². The predicted molar refractivity (Wildman–Crippen MR) is 73.3 cm³/mol. The van der Waals surface area contributed by atoms with Gasteiger partial charge in [-0.3, -0.25) is 0 Å². The Hall–Kier alpha value is 0.620.